The van der Waals surface area contributed by atoms with Gasteiger partial charge in [0.15, 0.2) is 6.61 Å². The number of ether oxygens (including phenoxy) is 2. The number of methoxy groups -OCH3 is 1. The first kappa shape index (κ1) is 20.6. The van der Waals surface area contributed by atoms with Crippen molar-refractivity contribution in [3.8, 4) is 11.8 Å². The molecule has 0 fully saturated rings. The molecule has 8 nitrogen and oxygen atoms in total. The third-order valence-electron chi connectivity index (χ3n) is 3.66. The summed E-state index contributed by atoms with van der Waals surface area (Å²) in [4.78, 5) is 9.80. The average Bonchev–Trinajstić information content (AvgIpc) is 3.11. The van der Waals surface area contributed by atoms with E-state index in [9.17, 15) is 26.0 Å². The summed E-state index contributed by atoms with van der Waals surface area (Å²) >= 11 is 0. The number of hydrogen-bond donors (Lipinski definition) is 2. The minimum Gasteiger partial charge on any atom is -0.479 e. The number of sulfonamides is 1. The van der Waals surface area contributed by atoms with Crippen LogP contribution < -0.4 is 14.2 Å². The van der Waals surface area contributed by atoms with Crippen molar-refractivity contribution < 1.29 is 35.5 Å². The second-order valence-electron chi connectivity index (χ2n) is 5.60. The summed E-state index contributed by atoms with van der Waals surface area (Å²) in [6.45, 7) is -0.885. The van der Waals surface area contributed by atoms with E-state index in [4.69, 9.17) is 9.47 Å². The van der Waals surface area contributed by atoms with Crippen molar-refractivity contribution in [1.82, 2.24) is 15.0 Å². The van der Waals surface area contributed by atoms with Crippen LogP contribution in [0.15, 0.2) is 35.4 Å². The number of halogens is 4. The monoisotopic (exact) mass is 434 g/mol. The van der Waals surface area contributed by atoms with Crippen molar-refractivity contribution >= 4 is 26.7 Å². The molecule has 156 valence electrons. The lowest BCUT2D eigenvalue weighted by Crippen LogP contribution is -2.14. The molecular weight excluding hydrogens is 420 g/mol. The van der Waals surface area contributed by atoms with Gasteiger partial charge in [-0.1, -0.05) is 0 Å². The molecule has 0 aliphatic carbocycles. The topological polar surface area (TPSA) is 106 Å². The van der Waals surface area contributed by atoms with Gasteiger partial charge in [-0.05, 0) is 18.2 Å². The molecule has 13 heteroatoms. The van der Waals surface area contributed by atoms with Gasteiger partial charge in [-0.25, -0.2) is 31.0 Å². The van der Waals surface area contributed by atoms with Crippen LogP contribution in [0, 0.1) is 0 Å². The number of aromatic nitrogens is 3. The molecule has 0 amide bonds. The number of aromatic amines is 1. The molecule has 0 aliphatic rings. The summed E-state index contributed by atoms with van der Waals surface area (Å²) < 4.78 is 87.5. The molecule has 0 unspecified atom stereocenters. The van der Waals surface area contributed by atoms with E-state index in [1.54, 1.807) is 0 Å². The van der Waals surface area contributed by atoms with Gasteiger partial charge >= 0.3 is 0 Å². The van der Waals surface area contributed by atoms with Gasteiger partial charge in [0.2, 0.25) is 11.8 Å². The third-order valence-corrected chi connectivity index (χ3v) is 5.07. The Bertz CT molecular complexity index is 1120. The van der Waals surface area contributed by atoms with Crippen LogP contribution in [0.1, 0.15) is 12.1 Å². The van der Waals surface area contributed by atoms with Gasteiger partial charge in [-0.2, -0.15) is 4.98 Å². The maximum absolute atomic E-state index is 12.8. The number of anilines is 1. The molecule has 0 bridgehead atoms. The number of nitrogens with one attached hydrogen (secondary N) is 2. The first-order chi connectivity index (χ1) is 13.7. The minimum atomic E-state index is -4.19. The van der Waals surface area contributed by atoms with Crippen LogP contribution in [0.25, 0.3) is 11.0 Å². The Morgan fingerprint density at radius 3 is 2.55 bits per heavy atom. The van der Waals surface area contributed by atoms with E-state index in [1.807, 2.05) is 0 Å². The summed E-state index contributed by atoms with van der Waals surface area (Å²) in [5.41, 5.74) is -0.603. The molecule has 0 aromatic carbocycles. The quantitative estimate of drug-likeness (QED) is 0.527. The molecule has 2 N–H and O–H groups in total. The van der Waals surface area contributed by atoms with E-state index in [0.29, 0.717) is 0 Å². The third kappa shape index (κ3) is 4.50. The molecule has 0 saturated heterocycles. The van der Waals surface area contributed by atoms with Gasteiger partial charge in [0.25, 0.3) is 22.9 Å². The lowest BCUT2D eigenvalue weighted by molar-refractivity contribution is 0.0793. The molecular formula is C16H14F4N4O4S. The smallest absolute Gasteiger partial charge is 0.280 e. The Balaban J connectivity index is 1.90. The maximum Gasteiger partial charge on any atom is 0.280 e. The number of H-pyrrole nitrogens is 1. The van der Waals surface area contributed by atoms with Crippen LogP contribution in [0.2, 0.25) is 0 Å². The van der Waals surface area contributed by atoms with Crippen molar-refractivity contribution in [1.29, 1.82) is 0 Å². The van der Waals surface area contributed by atoms with Gasteiger partial charge in [-0.15, -0.1) is 0 Å². The fourth-order valence-corrected chi connectivity index (χ4v) is 3.65. The molecule has 3 aromatic heterocycles. The summed E-state index contributed by atoms with van der Waals surface area (Å²) in [5, 5.41) is 0.103. The predicted octanol–water partition coefficient (Wildman–Crippen LogP) is 3.35. The molecule has 0 spiro atoms. The normalized spacial score (nSPS) is 12.0. The maximum atomic E-state index is 12.8. The number of pyridine rings is 2. The lowest BCUT2D eigenvalue weighted by atomic mass is 10.3. The minimum absolute atomic E-state index is 0.0241. The Hall–Kier alpha value is -3.09. The summed E-state index contributed by atoms with van der Waals surface area (Å²) in [6, 6.07) is 4.66. The van der Waals surface area contributed by atoms with Crippen LogP contribution >= 0.6 is 0 Å². The number of alkyl halides is 4. The molecule has 3 rings (SSSR count). The Morgan fingerprint density at radius 1 is 1.14 bits per heavy atom. The van der Waals surface area contributed by atoms with Gasteiger partial charge in [0.1, 0.15) is 21.9 Å². The first-order valence-electron chi connectivity index (χ1n) is 7.96. The molecule has 0 saturated carbocycles. The van der Waals surface area contributed by atoms with Crippen LogP contribution in [-0.2, 0) is 10.0 Å². The number of nitrogens with zero attached hydrogens (tertiary/aromatic N) is 2. The molecule has 3 aromatic rings. The highest BCUT2D eigenvalue weighted by Crippen LogP contribution is 2.30. The lowest BCUT2D eigenvalue weighted by Gasteiger charge is -2.12. The fraction of sp³-hybridized carbons (Fsp3) is 0.250. The largest absolute Gasteiger partial charge is 0.479 e. The van der Waals surface area contributed by atoms with Gasteiger partial charge < -0.3 is 14.5 Å². The highest BCUT2D eigenvalue weighted by Gasteiger charge is 2.23. The second kappa shape index (κ2) is 8.11. The number of rotatable bonds is 8. The van der Waals surface area contributed by atoms with Crippen LogP contribution in [0.3, 0.4) is 0 Å². The van der Waals surface area contributed by atoms with Crippen molar-refractivity contribution in [2.45, 2.75) is 17.7 Å². The van der Waals surface area contributed by atoms with E-state index >= 15 is 0 Å². The molecule has 0 aliphatic heterocycles. The fourth-order valence-electron chi connectivity index (χ4n) is 2.42. The van der Waals surface area contributed by atoms with Gasteiger partial charge in [0, 0.05) is 17.6 Å². The summed E-state index contributed by atoms with van der Waals surface area (Å²) in [5.74, 6) is -0.390. The van der Waals surface area contributed by atoms with E-state index < -0.39 is 35.2 Å². The van der Waals surface area contributed by atoms with Crippen molar-refractivity contribution in [2.24, 2.45) is 0 Å². The first-order valence-corrected chi connectivity index (χ1v) is 9.44. The summed E-state index contributed by atoms with van der Waals surface area (Å²) in [7, 11) is -2.98. The van der Waals surface area contributed by atoms with Crippen molar-refractivity contribution in [2.75, 3.05) is 18.4 Å². The Morgan fingerprint density at radius 2 is 1.90 bits per heavy atom. The molecule has 3 heterocycles. The highest BCUT2D eigenvalue weighted by atomic mass is 32.2. The Labute approximate surface area is 161 Å². The standard InChI is InChI=1S/C16H14F4N4O4S/c1-27-16-10(4-5-13(23-16)28-7-12(17)18)24-29(25,26)11-6-21-15-8(11)2-3-9(22-15)14(19)20/h2-6,12,14,24H,7H2,1H3,(H,21,22). The number of fused-ring (bicyclic) bond motifs is 1. The van der Waals surface area contributed by atoms with Crippen LogP contribution in [0.5, 0.6) is 11.8 Å². The zero-order valence-corrected chi connectivity index (χ0v) is 15.5. The van der Waals surface area contributed by atoms with E-state index in [-0.39, 0.29) is 33.4 Å². The van der Waals surface area contributed by atoms with Crippen LogP contribution in [-0.4, -0.2) is 43.5 Å². The van der Waals surface area contributed by atoms with Gasteiger partial charge in [0.05, 0.1) is 7.11 Å². The van der Waals surface area contributed by atoms with E-state index in [0.717, 1.165) is 12.3 Å². The van der Waals surface area contributed by atoms with E-state index in [1.165, 1.54) is 25.3 Å². The van der Waals surface area contributed by atoms with Gasteiger partial charge in [-0.3, -0.25) is 4.72 Å². The second-order valence-corrected chi connectivity index (χ2v) is 7.25. The Kier molecular flexibility index (Phi) is 5.77. The highest BCUT2D eigenvalue weighted by molar-refractivity contribution is 7.93. The van der Waals surface area contributed by atoms with Crippen molar-refractivity contribution in [3.63, 3.8) is 0 Å². The van der Waals surface area contributed by atoms with Crippen molar-refractivity contribution in [3.05, 3.63) is 36.2 Å². The van der Waals surface area contributed by atoms with Crippen LogP contribution in [0.4, 0.5) is 23.2 Å². The molecule has 29 heavy (non-hydrogen) atoms. The number of hydrogen-bond acceptors (Lipinski definition) is 6. The molecule has 0 radical (unpaired) electrons. The SMILES string of the molecule is COc1nc(OCC(F)F)ccc1NS(=O)(=O)c1c[nH]c2nc(C(F)F)ccc12. The van der Waals surface area contributed by atoms with E-state index in [2.05, 4.69) is 19.7 Å². The zero-order valence-electron chi connectivity index (χ0n) is 14.7. The average molecular weight is 434 g/mol. The summed E-state index contributed by atoms with van der Waals surface area (Å²) in [6.07, 6.45) is -4.40. The zero-order chi connectivity index (χ0) is 21.2. The molecule has 0 atom stereocenters. The predicted molar refractivity (Wildman–Crippen MR) is 94.1 cm³/mol.